The van der Waals surface area contributed by atoms with Crippen molar-refractivity contribution in [1.82, 2.24) is 5.32 Å². The SMILES string of the molecule is Cl.O=C(Nc1ccc2c(c1)oc1ccccc12)C1CCNCC1. The molecule has 1 fully saturated rings. The van der Waals surface area contributed by atoms with Gasteiger partial charge in [-0.3, -0.25) is 4.79 Å². The molecule has 4 rings (SSSR count). The number of hydrogen-bond donors (Lipinski definition) is 2. The zero-order chi connectivity index (χ0) is 14.9. The number of amides is 1. The van der Waals surface area contributed by atoms with Crippen LogP contribution in [0, 0.1) is 5.92 Å². The summed E-state index contributed by atoms with van der Waals surface area (Å²) in [4.78, 5) is 12.3. The Bertz CT molecular complexity index is 837. The second kappa shape index (κ2) is 6.60. The monoisotopic (exact) mass is 330 g/mol. The molecule has 0 radical (unpaired) electrons. The van der Waals surface area contributed by atoms with E-state index in [1.54, 1.807) is 0 Å². The van der Waals surface area contributed by atoms with E-state index in [-0.39, 0.29) is 24.2 Å². The summed E-state index contributed by atoms with van der Waals surface area (Å²) < 4.78 is 5.86. The molecule has 2 heterocycles. The molecule has 1 saturated heterocycles. The molecule has 0 aliphatic carbocycles. The number of halogens is 1. The molecule has 23 heavy (non-hydrogen) atoms. The van der Waals surface area contributed by atoms with Gasteiger partial charge in [-0.15, -0.1) is 12.4 Å². The number of piperidine rings is 1. The number of hydrogen-bond acceptors (Lipinski definition) is 3. The van der Waals surface area contributed by atoms with E-state index in [4.69, 9.17) is 4.42 Å². The van der Waals surface area contributed by atoms with Crippen LogP contribution in [-0.4, -0.2) is 19.0 Å². The number of fused-ring (bicyclic) bond motifs is 3. The molecule has 1 aliphatic heterocycles. The van der Waals surface area contributed by atoms with Gasteiger partial charge in [0, 0.05) is 28.4 Å². The summed E-state index contributed by atoms with van der Waals surface area (Å²) in [5.41, 5.74) is 2.48. The molecule has 1 aromatic heterocycles. The fraction of sp³-hybridized carbons (Fsp3) is 0.278. The number of furan rings is 1. The Kier molecular flexibility index (Phi) is 4.55. The average molecular weight is 331 g/mol. The summed E-state index contributed by atoms with van der Waals surface area (Å²) in [6.07, 6.45) is 1.80. The van der Waals surface area contributed by atoms with Crippen molar-refractivity contribution in [3.8, 4) is 0 Å². The quantitative estimate of drug-likeness (QED) is 0.748. The summed E-state index contributed by atoms with van der Waals surface area (Å²) in [6.45, 7) is 1.83. The normalized spacial score (nSPS) is 15.5. The van der Waals surface area contributed by atoms with E-state index in [1.165, 1.54) is 0 Å². The molecular formula is C18H19ClN2O2. The smallest absolute Gasteiger partial charge is 0.227 e. The first-order chi connectivity index (χ1) is 10.8. The third-order valence-electron chi connectivity index (χ3n) is 4.36. The van der Waals surface area contributed by atoms with Gasteiger partial charge in [-0.2, -0.15) is 0 Å². The Morgan fingerprint density at radius 1 is 1.04 bits per heavy atom. The van der Waals surface area contributed by atoms with E-state index >= 15 is 0 Å². The van der Waals surface area contributed by atoms with Crippen LogP contribution in [0.25, 0.3) is 21.9 Å². The number of benzene rings is 2. The van der Waals surface area contributed by atoms with E-state index in [9.17, 15) is 4.79 Å². The molecule has 1 amide bonds. The van der Waals surface area contributed by atoms with Crippen molar-refractivity contribution in [2.24, 2.45) is 5.92 Å². The molecule has 5 heteroatoms. The number of para-hydroxylation sites is 1. The summed E-state index contributed by atoms with van der Waals surface area (Å²) >= 11 is 0. The zero-order valence-electron chi connectivity index (χ0n) is 12.7. The molecule has 0 bridgehead atoms. The van der Waals surface area contributed by atoms with E-state index < -0.39 is 0 Å². The van der Waals surface area contributed by atoms with Crippen LogP contribution in [0.5, 0.6) is 0 Å². The van der Waals surface area contributed by atoms with Crippen LogP contribution in [0.4, 0.5) is 5.69 Å². The predicted octanol–water partition coefficient (Wildman–Crippen LogP) is 3.95. The van der Waals surface area contributed by atoms with Gasteiger partial charge < -0.3 is 15.1 Å². The highest BCUT2D eigenvalue weighted by Gasteiger charge is 2.21. The van der Waals surface area contributed by atoms with Gasteiger partial charge in [-0.05, 0) is 44.1 Å². The molecule has 0 atom stereocenters. The predicted molar refractivity (Wildman–Crippen MR) is 95.2 cm³/mol. The van der Waals surface area contributed by atoms with Gasteiger partial charge in [-0.1, -0.05) is 18.2 Å². The molecule has 4 nitrogen and oxygen atoms in total. The van der Waals surface area contributed by atoms with Gasteiger partial charge in [0.25, 0.3) is 0 Å². The standard InChI is InChI=1S/C18H18N2O2.ClH/c21-18(12-7-9-19-10-8-12)20-13-5-6-15-14-3-1-2-4-16(14)22-17(15)11-13;/h1-6,11-12,19H,7-10H2,(H,20,21);1H. The molecule has 120 valence electrons. The number of carbonyl (C=O) groups is 1. The fourth-order valence-electron chi connectivity index (χ4n) is 3.13. The Morgan fingerprint density at radius 2 is 1.78 bits per heavy atom. The van der Waals surface area contributed by atoms with Crippen molar-refractivity contribution < 1.29 is 9.21 Å². The minimum absolute atomic E-state index is 0. The lowest BCUT2D eigenvalue weighted by Gasteiger charge is -2.21. The Labute approximate surface area is 140 Å². The molecule has 2 aromatic carbocycles. The molecule has 0 spiro atoms. The largest absolute Gasteiger partial charge is 0.456 e. The molecule has 0 unspecified atom stereocenters. The van der Waals surface area contributed by atoms with Crippen LogP contribution in [0.2, 0.25) is 0 Å². The van der Waals surface area contributed by atoms with Crippen LogP contribution >= 0.6 is 12.4 Å². The van der Waals surface area contributed by atoms with Crippen molar-refractivity contribution in [3.63, 3.8) is 0 Å². The first-order valence-corrected chi connectivity index (χ1v) is 7.74. The second-order valence-electron chi connectivity index (χ2n) is 5.82. The molecule has 1 aliphatic rings. The zero-order valence-corrected chi connectivity index (χ0v) is 13.5. The summed E-state index contributed by atoms with van der Waals surface area (Å²) in [5.74, 6) is 0.213. The van der Waals surface area contributed by atoms with Crippen LogP contribution in [0.15, 0.2) is 46.9 Å². The van der Waals surface area contributed by atoms with Crippen molar-refractivity contribution in [3.05, 3.63) is 42.5 Å². The summed E-state index contributed by atoms with van der Waals surface area (Å²) in [5, 5.41) is 8.48. The summed E-state index contributed by atoms with van der Waals surface area (Å²) in [6, 6.07) is 13.8. The third-order valence-corrected chi connectivity index (χ3v) is 4.36. The molecule has 3 aromatic rings. The van der Waals surface area contributed by atoms with Crippen molar-refractivity contribution in [2.45, 2.75) is 12.8 Å². The van der Waals surface area contributed by atoms with Gasteiger partial charge in [-0.25, -0.2) is 0 Å². The van der Waals surface area contributed by atoms with Crippen LogP contribution in [0.1, 0.15) is 12.8 Å². The highest BCUT2D eigenvalue weighted by atomic mass is 35.5. The highest BCUT2D eigenvalue weighted by Crippen LogP contribution is 2.30. The number of anilines is 1. The lowest BCUT2D eigenvalue weighted by atomic mass is 9.97. The van der Waals surface area contributed by atoms with Crippen molar-refractivity contribution >= 4 is 45.9 Å². The van der Waals surface area contributed by atoms with Gasteiger partial charge in [0.1, 0.15) is 11.2 Å². The number of carbonyl (C=O) groups excluding carboxylic acids is 1. The van der Waals surface area contributed by atoms with Gasteiger partial charge in [0.2, 0.25) is 5.91 Å². The fourth-order valence-corrected chi connectivity index (χ4v) is 3.13. The van der Waals surface area contributed by atoms with Crippen molar-refractivity contribution in [1.29, 1.82) is 0 Å². The Balaban J connectivity index is 0.00000156. The van der Waals surface area contributed by atoms with Crippen LogP contribution < -0.4 is 10.6 Å². The third kappa shape index (κ3) is 3.05. The van der Waals surface area contributed by atoms with E-state index in [0.717, 1.165) is 53.6 Å². The van der Waals surface area contributed by atoms with Gasteiger partial charge >= 0.3 is 0 Å². The minimum Gasteiger partial charge on any atom is -0.456 e. The number of rotatable bonds is 2. The number of nitrogens with one attached hydrogen (secondary N) is 2. The molecular weight excluding hydrogens is 312 g/mol. The molecule has 0 saturated carbocycles. The van der Waals surface area contributed by atoms with E-state index in [0.29, 0.717) is 0 Å². The van der Waals surface area contributed by atoms with Gasteiger partial charge in [0.15, 0.2) is 0 Å². The summed E-state index contributed by atoms with van der Waals surface area (Å²) in [7, 11) is 0. The molecule has 2 N–H and O–H groups in total. The highest BCUT2D eigenvalue weighted by molar-refractivity contribution is 6.06. The maximum Gasteiger partial charge on any atom is 0.227 e. The Hall–Kier alpha value is -2.04. The second-order valence-corrected chi connectivity index (χ2v) is 5.82. The topological polar surface area (TPSA) is 54.3 Å². The van der Waals surface area contributed by atoms with E-state index in [2.05, 4.69) is 16.7 Å². The maximum atomic E-state index is 12.3. The van der Waals surface area contributed by atoms with Gasteiger partial charge in [0.05, 0.1) is 0 Å². The van der Waals surface area contributed by atoms with E-state index in [1.807, 2.05) is 36.4 Å². The van der Waals surface area contributed by atoms with Crippen molar-refractivity contribution in [2.75, 3.05) is 18.4 Å². The van der Waals surface area contributed by atoms with Crippen LogP contribution in [0.3, 0.4) is 0 Å². The first-order valence-electron chi connectivity index (χ1n) is 7.74. The van der Waals surface area contributed by atoms with Crippen LogP contribution in [-0.2, 0) is 4.79 Å². The maximum absolute atomic E-state index is 12.3. The minimum atomic E-state index is 0. The average Bonchev–Trinajstić information content (AvgIpc) is 2.93. The first kappa shape index (κ1) is 15.8. The Morgan fingerprint density at radius 3 is 2.61 bits per heavy atom. The lowest BCUT2D eigenvalue weighted by molar-refractivity contribution is -0.120. The lowest BCUT2D eigenvalue weighted by Crippen LogP contribution is -2.34.